The van der Waals surface area contributed by atoms with Crippen LogP contribution in [0.2, 0.25) is 0 Å². The highest BCUT2D eigenvalue weighted by Crippen LogP contribution is 2.11. The summed E-state index contributed by atoms with van der Waals surface area (Å²) in [6.07, 6.45) is 6.43. The van der Waals surface area contributed by atoms with Crippen LogP contribution in [-0.4, -0.2) is 33.1 Å². The van der Waals surface area contributed by atoms with Gasteiger partial charge in [-0.2, -0.15) is 5.10 Å². The molecule has 1 fully saturated rings. The van der Waals surface area contributed by atoms with E-state index in [0.717, 1.165) is 31.8 Å². The van der Waals surface area contributed by atoms with Crippen LogP contribution in [0.5, 0.6) is 0 Å². The van der Waals surface area contributed by atoms with Gasteiger partial charge in [-0.1, -0.05) is 26.7 Å². The first-order chi connectivity index (χ1) is 9.16. The maximum absolute atomic E-state index is 12.3. The van der Waals surface area contributed by atoms with Gasteiger partial charge in [-0.05, 0) is 25.3 Å². The second kappa shape index (κ2) is 6.80. The summed E-state index contributed by atoms with van der Waals surface area (Å²) < 4.78 is 1.86. The van der Waals surface area contributed by atoms with Crippen molar-refractivity contribution in [2.24, 2.45) is 5.92 Å². The van der Waals surface area contributed by atoms with Crippen molar-refractivity contribution < 1.29 is 4.79 Å². The van der Waals surface area contributed by atoms with Gasteiger partial charge in [-0.25, -0.2) is 9.67 Å². The second-order valence-corrected chi connectivity index (χ2v) is 5.75. The summed E-state index contributed by atoms with van der Waals surface area (Å²) >= 11 is 0. The average Bonchev–Trinajstić information content (AvgIpc) is 2.65. The van der Waals surface area contributed by atoms with E-state index in [0.29, 0.717) is 12.3 Å². The zero-order valence-corrected chi connectivity index (χ0v) is 11.9. The van der Waals surface area contributed by atoms with Crippen LogP contribution in [0.4, 0.5) is 0 Å². The van der Waals surface area contributed by atoms with E-state index in [4.69, 9.17) is 0 Å². The smallest absolute Gasteiger partial charge is 0.157 e. The fourth-order valence-corrected chi connectivity index (χ4v) is 2.51. The number of hydrogen-bond donors (Lipinski definition) is 1. The number of carbonyl (C=O) groups excluding carboxylic acids is 1. The van der Waals surface area contributed by atoms with Gasteiger partial charge in [-0.15, -0.1) is 0 Å². The van der Waals surface area contributed by atoms with Gasteiger partial charge in [0.1, 0.15) is 12.2 Å². The number of carbonyl (C=O) groups is 1. The zero-order valence-electron chi connectivity index (χ0n) is 11.9. The molecule has 0 aliphatic carbocycles. The number of aromatic nitrogens is 3. The van der Waals surface area contributed by atoms with Crippen LogP contribution in [0.15, 0.2) is 6.33 Å². The molecule has 0 saturated carbocycles. The van der Waals surface area contributed by atoms with Crippen molar-refractivity contribution in [3.05, 3.63) is 12.2 Å². The Morgan fingerprint density at radius 3 is 3.11 bits per heavy atom. The molecule has 0 aromatic carbocycles. The van der Waals surface area contributed by atoms with Gasteiger partial charge in [0, 0.05) is 6.54 Å². The standard InChI is InChI=1S/C14H24N4O/c1-11(2)9-18-14(16-10-17-18)8-13(19)12-6-4-3-5-7-15-12/h10-12,15H,3-9H2,1-2H3. The Balaban J connectivity index is 1.96. The molecule has 0 spiro atoms. The van der Waals surface area contributed by atoms with Gasteiger partial charge < -0.3 is 5.32 Å². The predicted octanol–water partition coefficient (Wildman–Crippen LogP) is 1.58. The molecule has 0 amide bonds. The quantitative estimate of drug-likeness (QED) is 0.877. The number of Topliss-reactive ketones (excluding diaryl/α,β-unsaturated/α-hetero) is 1. The largest absolute Gasteiger partial charge is 0.307 e. The molecule has 2 rings (SSSR count). The third-order valence-corrected chi connectivity index (χ3v) is 3.52. The van der Waals surface area contributed by atoms with Crippen molar-refractivity contribution in [3.8, 4) is 0 Å². The minimum atomic E-state index is 0.00620. The maximum Gasteiger partial charge on any atom is 0.157 e. The molecule has 5 heteroatoms. The molecule has 1 aliphatic heterocycles. The summed E-state index contributed by atoms with van der Waals surface area (Å²) in [5, 5.41) is 7.55. The first-order valence-electron chi connectivity index (χ1n) is 7.29. The molecule has 19 heavy (non-hydrogen) atoms. The van der Waals surface area contributed by atoms with Gasteiger partial charge in [0.2, 0.25) is 0 Å². The molecule has 0 radical (unpaired) electrons. The number of rotatable bonds is 5. The Hall–Kier alpha value is -1.23. The van der Waals surface area contributed by atoms with Crippen LogP contribution in [0, 0.1) is 5.92 Å². The number of nitrogens with one attached hydrogen (secondary N) is 1. The highest BCUT2D eigenvalue weighted by molar-refractivity contribution is 5.85. The van der Waals surface area contributed by atoms with Gasteiger partial charge in [0.05, 0.1) is 12.5 Å². The van der Waals surface area contributed by atoms with Crippen LogP contribution >= 0.6 is 0 Å². The van der Waals surface area contributed by atoms with Crippen molar-refractivity contribution in [1.29, 1.82) is 0 Å². The lowest BCUT2D eigenvalue weighted by molar-refractivity contribution is -0.120. The fourth-order valence-electron chi connectivity index (χ4n) is 2.51. The van der Waals surface area contributed by atoms with E-state index in [1.807, 2.05) is 4.68 Å². The molecule has 2 heterocycles. The van der Waals surface area contributed by atoms with Crippen LogP contribution in [-0.2, 0) is 17.8 Å². The number of ketones is 1. The molecule has 5 nitrogen and oxygen atoms in total. The Bertz CT molecular complexity index is 405. The van der Waals surface area contributed by atoms with Gasteiger partial charge in [0.25, 0.3) is 0 Å². The molecular weight excluding hydrogens is 240 g/mol. The van der Waals surface area contributed by atoms with E-state index in [-0.39, 0.29) is 11.8 Å². The fraction of sp³-hybridized carbons (Fsp3) is 0.786. The van der Waals surface area contributed by atoms with Crippen LogP contribution in [0.3, 0.4) is 0 Å². The molecule has 1 N–H and O–H groups in total. The zero-order chi connectivity index (χ0) is 13.7. The second-order valence-electron chi connectivity index (χ2n) is 5.75. The van der Waals surface area contributed by atoms with Gasteiger partial charge in [-0.3, -0.25) is 4.79 Å². The molecule has 1 atom stereocenters. The summed E-state index contributed by atoms with van der Waals surface area (Å²) in [4.78, 5) is 16.5. The average molecular weight is 264 g/mol. The van der Waals surface area contributed by atoms with Crippen LogP contribution in [0.1, 0.15) is 45.4 Å². The highest BCUT2D eigenvalue weighted by Gasteiger charge is 2.21. The van der Waals surface area contributed by atoms with Crippen LogP contribution < -0.4 is 5.32 Å². The van der Waals surface area contributed by atoms with Crippen molar-refractivity contribution in [2.75, 3.05) is 6.54 Å². The lowest BCUT2D eigenvalue weighted by Gasteiger charge is -2.14. The summed E-state index contributed by atoms with van der Waals surface area (Å²) in [5.74, 6) is 1.55. The molecule has 1 aromatic heterocycles. The topological polar surface area (TPSA) is 59.8 Å². The first-order valence-corrected chi connectivity index (χ1v) is 7.29. The molecular formula is C14H24N4O. The molecule has 106 valence electrons. The van der Waals surface area contributed by atoms with Crippen molar-refractivity contribution >= 4 is 5.78 Å². The summed E-state index contributed by atoms with van der Waals surface area (Å²) in [6, 6.07) is 0.00620. The Kier molecular flexibility index (Phi) is 5.07. The third-order valence-electron chi connectivity index (χ3n) is 3.52. The predicted molar refractivity (Wildman–Crippen MR) is 73.8 cm³/mol. The highest BCUT2D eigenvalue weighted by atomic mass is 16.1. The summed E-state index contributed by atoms with van der Waals surface area (Å²) in [5.41, 5.74) is 0. The Labute approximate surface area is 114 Å². The Morgan fingerprint density at radius 2 is 2.32 bits per heavy atom. The van der Waals surface area contributed by atoms with Crippen LogP contribution in [0.25, 0.3) is 0 Å². The molecule has 1 unspecified atom stereocenters. The first kappa shape index (κ1) is 14.2. The minimum Gasteiger partial charge on any atom is -0.307 e. The number of hydrogen-bond acceptors (Lipinski definition) is 4. The van der Waals surface area contributed by atoms with Crippen molar-refractivity contribution in [1.82, 2.24) is 20.1 Å². The van der Waals surface area contributed by atoms with E-state index in [9.17, 15) is 4.79 Å². The van der Waals surface area contributed by atoms with E-state index in [1.165, 1.54) is 12.8 Å². The summed E-state index contributed by atoms with van der Waals surface area (Å²) in [7, 11) is 0. The number of nitrogens with zero attached hydrogens (tertiary/aromatic N) is 3. The lowest BCUT2D eigenvalue weighted by Crippen LogP contribution is -2.37. The molecule has 1 aromatic rings. The van der Waals surface area contributed by atoms with Crippen molar-refractivity contribution in [3.63, 3.8) is 0 Å². The monoisotopic (exact) mass is 264 g/mol. The molecule has 1 aliphatic rings. The lowest BCUT2D eigenvalue weighted by atomic mass is 10.0. The van der Waals surface area contributed by atoms with E-state index in [2.05, 4.69) is 29.2 Å². The Morgan fingerprint density at radius 1 is 1.47 bits per heavy atom. The third kappa shape index (κ3) is 4.13. The molecule has 0 bridgehead atoms. The minimum absolute atomic E-state index is 0.00620. The van der Waals surface area contributed by atoms with E-state index < -0.39 is 0 Å². The van der Waals surface area contributed by atoms with E-state index >= 15 is 0 Å². The van der Waals surface area contributed by atoms with Crippen molar-refractivity contribution in [2.45, 2.75) is 58.5 Å². The maximum atomic E-state index is 12.3. The molecule has 1 saturated heterocycles. The van der Waals surface area contributed by atoms with Gasteiger partial charge in [0.15, 0.2) is 5.78 Å². The van der Waals surface area contributed by atoms with E-state index in [1.54, 1.807) is 6.33 Å². The normalized spacial score (nSPS) is 20.5. The SMILES string of the molecule is CC(C)Cn1ncnc1CC(=O)C1CCCCCN1. The summed E-state index contributed by atoms with van der Waals surface area (Å²) in [6.45, 7) is 6.05. The van der Waals surface area contributed by atoms with Gasteiger partial charge >= 0.3 is 0 Å².